The van der Waals surface area contributed by atoms with Gasteiger partial charge in [0.2, 0.25) is 0 Å². The third-order valence-corrected chi connectivity index (χ3v) is 3.22. The van der Waals surface area contributed by atoms with Gasteiger partial charge in [0.15, 0.2) is 0 Å². The summed E-state index contributed by atoms with van der Waals surface area (Å²) in [5.41, 5.74) is 1.82. The van der Waals surface area contributed by atoms with Crippen molar-refractivity contribution >= 4 is 5.97 Å². The number of hydrogen-bond donors (Lipinski definition) is 1. The zero-order valence-electron chi connectivity index (χ0n) is 10.9. The number of rotatable bonds is 4. The molecule has 104 valence electrons. The van der Waals surface area contributed by atoms with Crippen LogP contribution in [-0.4, -0.2) is 11.1 Å². The predicted octanol–water partition coefficient (Wildman–Crippen LogP) is 3.68. The second-order valence-electron chi connectivity index (χ2n) is 4.74. The fraction of sp³-hybridized carbons (Fsp3) is 0.188. The number of halogens is 2. The lowest BCUT2D eigenvalue weighted by Crippen LogP contribution is -2.15. The second kappa shape index (κ2) is 5.82. The van der Waals surface area contributed by atoms with E-state index in [0.29, 0.717) is 5.56 Å². The third-order valence-electron chi connectivity index (χ3n) is 3.22. The first-order valence-corrected chi connectivity index (χ1v) is 6.20. The highest BCUT2D eigenvalue weighted by Gasteiger charge is 2.21. The molecule has 1 N–H and O–H groups in total. The summed E-state index contributed by atoms with van der Waals surface area (Å²) < 4.78 is 26.5. The van der Waals surface area contributed by atoms with Gasteiger partial charge in [0.25, 0.3) is 0 Å². The number of carbonyl (C=O) groups is 1. The Bertz CT molecular complexity index is 621. The van der Waals surface area contributed by atoms with Gasteiger partial charge in [-0.1, -0.05) is 35.9 Å². The molecule has 2 aromatic rings. The van der Waals surface area contributed by atoms with E-state index in [1.807, 2.05) is 19.1 Å². The van der Waals surface area contributed by atoms with Gasteiger partial charge in [0.1, 0.15) is 11.6 Å². The lowest BCUT2D eigenvalue weighted by Gasteiger charge is -2.13. The molecule has 1 atom stereocenters. The van der Waals surface area contributed by atoms with Crippen LogP contribution in [0.25, 0.3) is 0 Å². The molecule has 2 rings (SSSR count). The van der Waals surface area contributed by atoms with Crippen LogP contribution < -0.4 is 0 Å². The van der Waals surface area contributed by atoms with Crippen LogP contribution in [0.2, 0.25) is 0 Å². The van der Waals surface area contributed by atoms with Gasteiger partial charge in [-0.25, -0.2) is 8.78 Å². The molecule has 0 aromatic heterocycles. The fourth-order valence-corrected chi connectivity index (χ4v) is 2.05. The summed E-state index contributed by atoms with van der Waals surface area (Å²) in [6.45, 7) is 1.90. The zero-order chi connectivity index (χ0) is 14.7. The molecule has 0 spiro atoms. The Kier molecular flexibility index (Phi) is 4.13. The van der Waals surface area contributed by atoms with E-state index in [0.717, 1.165) is 17.7 Å². The first-order valence-electron chi connectivity index (χ1n) is 6.20. The van der Waals surface area contributed by atoms with Crippen molar-refractivity contribution in [2.24, 2.45) is 0 Å². The SMILES string of the molecule is Cc1ccc(C(Cc2ccc(F)cc2F)C(=O)O)cc1. The minimum atomic E-state index is -1.03. The maximum atomic E-state index is 13.6. The summed E-state index contributed by atoms with van der Waals surface area (Å²) in [6.07, 6.45) is -0.00942. The number of carboxylic acids is 1. The van der Waals surface area contributed by atoms with Gasteiger partial charge in [-0.2, -0.15) is 0 Å². The van der Waals surface area contributed by atoms with Crippen molar-refractivity contribution in [1.82, 2.24) is 0 Å². The highest BCUT2D eigenvalue weighted by Crippen LogP contribution is 2.23. The molecule has 0 radical (unpaired) electrons. The molecule has 20 heavy (non-hydrogen) atoms. The summed E-state index contributed by atoms with van der Waals surface area (Å²) in [7, 11) is 0. The van der Waals surface area contributed by atoms with E-state index in [1.54, 1.807) is 12.1 Å². The molecular formula is C16H14F2O2. The molecule has 0 aliphatic heterocycles. The summed E-state index contributed by atoms with van der Waals surface area (Å²) in [6, 6.07) is 10.2. The Morgan fingerprint density at radius 1 is 1.15 bits per heavy atom. The van der Waals surface area contributed by atoms with Crippen molar-refractivity contribution in [1.29, 1.82) is 0 Å². The van der Waals surface area contributed by atoms with Gasteiger partial charge < -0.3 is 5.11 Å². The summed E-state index contributed by atoms with van der Waals surface area (Å²) in [5.74, 6) is -3.27. The van der Waals surface area contributed by atoms with Gasteiger partial charge in [0.05, 0.1) is 5.92 Å². The number of benzene rings is 2. The van der Waals surface area contributed by atoms with E-state index in [4.69, 9.17) is 0 Å². The van der Waals surface area contributed by atoms with Crippen molar-refractivity contribution in [3.05, 3.63) is 70.8 Å². The molecule has 1 unspecified atom stereocenters. The van der Waals surface area contributed by atoms with Gasteiger partial charge in [-0.05, 0) is 30.5 Å². The Morgan fingerprint density at radius 3 is 2.35 bits per heavy atom. The lowest BCUT2D eigenvalue weighted by molar-refractivity contribution is -0.138. The van der Waals surface area contributed by atoms with Crippen LogP contribution in [0.15, 0.2) is 42.5 Å². The third kappa shape index (κ3) is 3.20. The highest BCUT2D eigenvalue weighted by molar-refractivity contribution is 5.76. The van der Waals surface area contributed by atoms with Crippen LogP contribution in [-0.2, 0) is 11.2 Å². The number of aliphatic carboxylic acids is 1. The topological polar surface area (TPSA) is 37.3 Å². The minimum absolute atomic E-state index is 0.00942. The van der Waals surface area contributed by atoms with Crippen LogP contribution in [0.5, 0.6) is 0 Å². The normalized spacial score (nSPS) is 12.2. The van der Waals surface area contributed by atoms with E-state index < -0.39 is 23.5 Å². The van der Waals surface area contributed by atoms with E-state index in [2.05, 4.69) is 0 Å². The fourth-order valence-electron chi connectivity index (χ4n) is 2.05. The Balaban J connectivity index is 2.30. The minimum Gasteiger partial charge on any atom is -0.481 e. The Morgan fingerprint density at radius 2 is 1.80 bits per heavy atom. The number of carboxylic acid groups (broad SMARTS) is 1. The van der Waals surface area contributed by atoms with Gasteiger partial charge in [-0.3, -0.25) is 4.79 Å². The number of hydrogen-bond acceptors (Lipinski definition) is 1. The Labute approximate surface area is 115 Å². The predicted molar refractivity (Wildman–Crippen MR) is 71.6 cm³/mol. The van der Waals surface area contributed by atoms with Crippen molar-refractivity contribution in [2.75, 3.05) is 0 Å². The number of aryl methyl sites for hydroxylation is 1. The molecule has 2 nitrogen and oxygen atoms in total. The van der Waals surface area contributed by atoms with Crippen molar-refractivity contribution in [3.8, 4) is 0 Å². The summed E-state index contributed by atoms with van der Waals surface area (Å²) >= 11 is 0. The standard InChI is InChI=1S/C16H14F2O2/c1-10-2-4-11(5-3-10)14(16(19)20)8-12-6-7-13(17)9-15(12)18/h2-7,9,14H,8H2,1H3,(H,19,20). The highest BCUT2D eigenvalue weighted by atomic mass is 19.1. The van der Waals surface area contributed by atoms with Crippen LogP contribution in [0.3, 0.4) is 0 Å². The van der Waals surface area contributed by atoms with Gasteiger partial charge in [0, 0.05) is 6.07 Å². The van der Waals surface area contributed by atoms with Crippen LogP contribution >= 0.6 is 0 Å². The first-order chi connectivity index (χ1) is 9.47. The van der Waals surface area contributed by atoms with Gasteiger partial charge in [-0.15, -0.1) is 0 Å². The van der Waals surface area contributed by atoms with Crippen molar-refractivity contribution in [2.45, 2.75) is 19.3 Å². The molecule has 0 aliphatic carbocycles. The maximum absolute atomic E-state index is 13.6. The van der Waals surface area contributed by atoms with E-state index in [1.165, 1.54) is 6.07 Å². The molecule has 0 aliphatic rings. The van der Waals surface area contributed by atoms with E-state index in [9.17, 15) is 18.7 Å². The van der Waals surface area contributed by atoms with Gasteiger partial charge >= 0.3 is 5.97 Å². The zero-order valence-corrected chi connectivity index (χ0v) is 10.9. The van der Waals surface area contributed by atoms with Crippen LogP contribution in [0, 0.1) is 18.6 Å². The quantitative estimate of drug-likeness (QED) is 0.924. The van der Waals surface area contributed by atoms with Crippen LogP contribution in [0.4, 0.5) is 8.78 Å². The lowest BCUT2D eigenvalue weighted by atomic mass is 9.91. The van der Waals surface area contributed by atoms with Crippen LogP contribution in [0.1, 0.15) is 22.6 Å². The summed E-state index contributed by atoms with van der Waals surface area (Å²) in [4.78, 5) is 11.4. The van der Waals surface area contributed by atoms with Crippen molar-refractivity contribution < 1.29 is 18.7 Å². The molecular weight excluding hydrogens is 262 g/mol. The molecule has 0 fully saturated rings. The molecule has 0 heterocycles. The molecule has 4 heteroatoms. The molecule has 0 bridgehead atoms. The maximum Gasteiger partial charge on any atom is 0.311 e. The molecule has 0 saturated carbocycles. The second-order valence-corrected chi connectivity index (χ2v) is 4.74. The van der Waals surface area contributed by atoms with E-state index >= 15 is 0 Å². The first kappa shape index (κ1) is 14.2. The monoisotopic (exact) mass is 276 g/mol. The average molecular weight is 276 g/mol. The summed E-state index contributed by atoms with van der Waals surface area (Å²) in [5, 5.41) is 9.31. The molecule has 0 saturated heterocycles. The molecule has 0 amide bonds. The van der Waals surface area contributed by atoms with Crippen molar-refractivity contribution in [3.63, 3.8) is 0 Å². The average Bonchev–Trinajstić information content (AvgIpc) is 2.39. The Hall–Kier alpha value is -2.23. The molecule has 2 aromatic carbocycles. The smallest absolute Gasteiger partial charge is 0.311 e. The largest absolute Gasteiger partial charge is 0.481 e. The van der Waals surface area contributed by atoms with E-state index in [-0.39, 0.29) is 12.0 Å².